The van der Waals surface area contributed by atoms with Gasteiger partial charge in [0, 0.05) is 0 Å². The number of nitrogens with two attached hydrogens (primary N) is 1. The number of thiocarbonyl (C=S) groups is 1. The molecule has 0 saturated heterocycles. The van der Waals surface area contributed by atoms with Crippen LogP contribution in [0.2, 0.25) is 0 Å². The summed E-state index contributed by atoms with van der Waals surface area (Å²) in [7, 11) is 0. The van der Waals surface area contributed by atoms with Crippen molar-refractivity contribution in [3.8, 4) is 0 Å². The lowest BCUT2D eigenvalue weighted by Gasteiger charge is -2.32. The third-order valence-corrected chi connectivity index (χ3v) is 3.90. The van der Waals surface area contributed by atoms with Gasteiger partial charge in [0.05, 0.1) is 12.1 Å². The van der Waals surface area contributed by atoms with Crippen LogP contribution >= 0.6 is 12.2 Å². The number of hydrogen-bond donors (Lipinski definition) is 2. The molecule has 1 aliphatic heterocycles. The minimum atomic E-state index is -4.95. The summed E-state index contributed by atoms with van der Waals surface area (Å²) < 4.78 is 39.7. The zero-order chi connectivity index (χ0) is 16.8. The third-order valence-electron chi connectivity index (χ3n) is 3.73. The Kier molecular flexibility index (Phi) is 3.53. The van der Waals surface area contributed by atoms with Gasteiger partial charge in [0.2, 0.25) is 0 Å². The smallest absolute Gasteiger partial charge is 0.375 e. The molecule has 2 aromatic carbocycles. The summed E-state index contributed by atoms with van der Waals surface area (Å²) in [5.41, 5.74) is 2.62. The Labute approximate surface area is 135 Å². The molecular formula is C15H12F3N3OS. The van der Waals surface area contributed by atoms with Gasteiger partial charge < -0.3 is 10.8 Å². The van der Waals surface area contributed by atoms with E-state index in [2.05, 4.69) is 17.3 Å². The molecule has 0 bridgehead atoms. The molecule has 23 heavy (non-hydrogen) atoms. The van der Waals surface area contributed by atoms with E-state index in [1.54, 1.807) is 18.2 Å². The first-order valence-corrected chi connectivity index (χ1v) is 7.08. The van der Waals surface area contributed by atoms with Crippen LogP contribution in [0.1, 0.15) is 12.0 Å². The van der Waals surface area contributed by atoms with E-state index < -0.39 is 23.4 Å². The molecule has 0 fully saturated rings. The van der Waals surface area contributed by atoms with Gasteiger partial charge in [-0.3, -0.25) is 0 Å². The largest absolute Gasteiger partial charge is 0.438 e. The van der Waals surface area contributed by atoms with Gasteiger partial charge in [-0.15, -0.1) is 0 Å². The molecule has 4 nitrogen and oxygen atoms in total. The van der Waals surface area contributed by atoms with Crippen molar-refractivity contribution in [2.75, 3.05) is 0 Å². The Bertz CT molecular complexity index is 821. The molecule has 1 heterocycles. The minimum Gasteiger partial charge on any atom is -0.375 e. The van der Waals surface area contributed by atoms with Crippen LogP contribution in [-0.2, 0) is 0 Å². The summed E-state index contributed by atoms with van der Waals surface area (Å²) in [4.78, 5) is 0. The molecule has 8 heteroatoms. The molecule has 2 aromatic rings. The number of benzene rings is 2. The molecule has 0 radical (unpaired) electrons. The molecule has 0 aliphatic carbocycles. The summed E-state index contributed by atoms with van der Waals surface area (Å²) in [6, 6.07) is 12.6. The van der Waals surface area contributed by atoms with Crippen molar-refractivity contribution < 1.29 is 18.3 Å². The molecule has 120 valence electrons. The first-order chi connectivity index (χ1) is 10.7. The predicted molar refractivity (Wildman–Crippen MR) is 84.7 cm³/mol. The number of hydrazone groups is 1. The number of rotatable bonds is 1. The lowest BCUT2D eigenvalue weighted by atomic mass is 9.98. The first kappa shape index (κ1) is 15.7. The molecule has 3 rings (SSSR count). The Morgan fingerprint density at radius 1 is 1.22 bits per heavy atom. The van der Waals surface area contributed by atoms with Crippen molar-refractivity contribution in [2.45, 2.75) is 18.3 Å². The molecule has 0 saturated carbocycles. The fourth-order valence-corrected chi connectivity index (χ4v) is 2.72. The number of fused-ring (bicyclic) bond motifs is 1. The van der Waals surface area contributed by atoms with E-state index >= 15 is 0 Å². The third kappa shape index (κ3) is 2.53. The Balaban J connectivity index is 2.05. The van der Waals surface area contributed by atoms with Crippen LogP contribution in [0.15, 0.2) is 47.6 Å². The average Bonchev–Trinajstić information content (AvgIpc) is 2.86. The van der Waals surface area contributed by atoms with Crippen LogP contribution in [0.4, 0.5) is 13.2 Å². The molecule has 1 aliphatic rings. The molecular weight excluding hydrogens is 327 g/mol. The second kappa shape index (κ2) is 5.17. The summed E-state index contributed by atoms with van der Waals surface area (Å²) in [6.07, 6.45) is -5.69. The standard InChI is InChI=1S/C15H12F3N3OS/c16-15(17,18)14(22)8-12(20-21(14)13(19)23)11-6-5-9-3-1-2-4-10(9)7-11/h1-7,22H,8H2,(H2,19,23)/t14-/m1/s1. The zero-order valence-electron chi connectivity index (χ0n) is 11.7. The zero-order valence-corrected chi connectivity index (χ0v) is 12.5. The predicted octanol–water partition coefficient (Wildman–Crippen LogP) is 2.74. The van der Waals surface area contributed by atoms with Crippen molar-refractivity contribution in [3.05, 3.63) is 48.0 Å². The Morgan fingerprint density at radius 3 is 2.43 bits per heavy atom. The summed E-state index contributed by atoms with van der Waals surface area (Å²) in [5.74, 6) is 0. The highest BCUT2D eigenvalue weighted by Gasteiger charge is 2.62. The molecule has 1 atom stereocenters. The van der Waals surface area contributed by atoms with Crippen molar-refractivity contribution >= 4 is 33.8 Å². The summed E-state index contributed by atoms with van der Waals surface area (Å²) in [6.45, 7) is 0. The van der Waals surface area contributed by atoms with Crippen molar-refractivity contribution in [1.29, 1.82) is 0 Å². The van der Waals surface area contributed by atoms with E-state index in [0.29, 0.717) is 5.56 Å². The molecule has 0 amide bonds. The quantitative estimate of drug-likeness (QED) is 0.785. The maximum Gasteiger partial charge on any atom is 0.438 e. The van der Waals surface area contributed by atoms with Crippen LogP contribution in [-0.4, -0.2) is 32.8 Å². The van der Waals surface area contributed by atoms with Crippen LogP contribution in [0.3, 0.4) is 0 Å². The van der Waals surface area contributed by atoms with Gasteiger partial charge in [-0.25, -0.2) is 0 Å². The van der Waals surface area contributed by atoms with E-state index in [4.69, 9.17) is 5.73 Å². The van der Waals surface area contributed by atoms with Gasteiger partial charge in [0.25, 0.3) is 5.72 Å². The number of aliphatic hydroxyl groups is 1. The Hall–Kier alpha value is -2.19. The SMILES string of the molecule is NC(=S)N1N=C(c2ccc3ccccc3c2)C[C@@]1(O)C(F)(F)F. The maximum absolute atomic E-state index is 13.2. The second-order valence-corrected chi connectivity index (χ2v) is 5.67. The van der Waals surface area contributed by atoms with E-state index in [1.165, 1.54) is 0 Å². The van der Waals surface area contributed by atoms with Crippen LogP contribution in [0.25, 0.3) is 10.8 Å². The van der Waals surface area contributed by atoms with Gasteiger partial charge in [0.1, 0.15) is 0 Å². The maximum atomic E-state index is 13.2. The van der Waals surface area contributed by atoms with E-state index in [-0.39, 0.29) is 10.7 Å². The second-order valence-electron chi connectivity index (χ2n) is 5.25. The normalized spacial score (nSPS) is 21.6. The number of halogens is 3. The number of hydrogen-bond acceptors (Lipinski definition) is 3. The van der Waals surface area contributed by atoms with Crippen LogP contribution in [0.5, 0.6) is 0 Å². The van der Waals surface area contributed by atoms with E-state index in [1.807, 2.05) is 24.3 Å². The number of alkyl halides is 3. The molecule has 0 spiro atoms. The van der Waals surface area contributed by atoms with Crippen molar-refractivity contribution in [3.63, 3.8) is 0 Å². The van der Waals surface area contributed by atoms with Gasteiger partial charge in [-0.1, -0.05) is 36.4 Å². The fraction of sp³-hybridized carbons (Fsp3) is 0.200. The van der Waals surface area contributed by atoms with Gasteiger partial charge in [0.15, 0.2) is 5.11 Å². The molecule has 0 aromatic heterocycles. The minimum absolute atomic E-state index is 0.0726. The topological polar surface area (TPSA) is 61.8 Å². The average molecular weight is 339 g/mol. The lowest BCUT2D eigenvalue weighted by molar-refractivity contribution is -0.294. The fourth-order valence-electron chi connectivity index (χ4n) is 2.53. The van der Waals surface area contributed by atoms with Crippen molar-refractivity contribution in [1.82, 2.24) is 5.01 Å². The van der Waals surface area contributed by atoms with E-state index in [0.717, 1.165) is 10.8 Å². The highest BCUT2D eigenvalue weighted by atomic mass is 32.1. The monoisotopic (exact) mass is 339 g/mol. The van der Waals surface area contributed by atoms with Gasteiger partial charge in [-0.2, -0.15) is 23.3 Å². The summed E-state index contributed by atoms with van der Waals surface area (Å²) in [5, 5.41) is 15.2. The first-order valence-electron chi connectivity index (χ1n) is 6.68. The van der Waals surface area contributed by atoms with E-state index in [9.17, 15) is 18.3 Å². The van der Waals surface area contributed by atoms with Gasteiger partial charge >= 0.3 is 6.18 Å². The highest BCUT2D eigenvalue weighted by Crippen LogP contribution is 2.41. The Morgan fingerprint density at radius 2 is 1.87 bits per heavy atom. The van der Waals surface area contributed by atoms with Crippen molar-refractivity contribution in [2.24, 2.45) is 10.8 Å². The highest BCUT2D eigenvalue weighted by molar-refractivity contribution is 7.80. The van der Waals surface area contributed by atoms with Gasteiger partial charge in [-0.05, 0) is 34.6 Å². The van der Waals surface area contributed by atoms with Crippen LogP contribution < -0.4 is 5.73 Å². The molecule has 3 N–H and O–H groups in total. The lowest BCUT2D eigenvalue weighted by Crippen LogP contribution is -2.57. The molecule has 0 unspecified atom stereocenters. The number of nitrogens with zero attached hydrogens (tertiary/aromatic N) is 2. The van der Waals surface area contributed by atoms with Crippen LogP contribution in [0, 0.1) is 0 Å². The summed E-state index contributed by atoms with van der Waals surface area (Å²) >= 11 is 4.59.